The van der Waals surface area contributed by atoms with Gasteiger partial charge in [-0.25, -0.2) is 28.5 Å². The number of piperidine rings is 1. The molecule has 29 heteroatoms. The number of aliphatic hydroxyl groups excluding tert-OH is 1. The van der Waals surface area contributed by atoms with Gasteiger partial charge in [0.1, 0.15) is 0 Å². The van der Waals surface area contributed by atoms with E-state index < -0.39 is 6.10 Å². The van der Waals surface area contributed by atoms with Crippen LogP contribution in [-0.2, 0) is 9.59 Å². The quantitative estimate of drug-likeness (QED) is 0.0548. The fraction of sp³-hybridized carbons (Fsp3) is 0.433. The molecule has 29 nitrogen and oxygen atoms in total. The van der Waals surface area contributed by atoms with E-state index in [4.69, 9.17) is 20.7 Å². The van der Waals surface area contributed by atoms with E-state index in [1.54, 1.807) is 30.5 Å². The molecule has 2 atom stereocenters. The highest BCUT2D eigenvalue weighted by molar-refractivity contribution is 5.82. The van der Waals surface area contributed by atoms with Gasteiger partial charge in [-0.15, -0.1) is 0 Å². The van der Waals surface area contributed by atoms with Gasteiger partial charge in [-0.2, -0.15) is 45.9 Å². The highest BCUT2D eigenvalue weighted by Gasteiger charge is 2.34. The van der Waals surface area contributed by atoms with Crippen LogP contribution in [0.25, 0.3) is 84.1 Å². The van der Waals surface area contributed by atoms with E-state index in [2.05, 4.69) is 117 Å². The van der Waals surface area contributed by atoms with E-state index in [1.807, 2.05) is 139 Å². The van der Waals surface area contributed by atoms with Gasteiger partial charge in [-0.1, -0.05) is 41.5 Å². The molecule has 0 aliphatic carbocycles. The van der Waals surface area contributed by atoms with Crippen LogP contribution in [0.5, 0.6) is 0 Å². The Bertz CT molecular complexity index is 4590. The molecule has 3 saturated heterocycles. The number of β-amino-alcohol motifs (C(OH)–C–C–N with tert-alkyl or cyclic N) is 1. The maximum atomic E-state index is 12.0. The molecule has 2 amide bonds. The maximum Gasteiger partial charge on any atom is 0.236 e. The van der Waals surface area contributed by atoms with Crippen molar-refractivity contribution in [1.82, 2.24) is 123 Å². The molecule has 500 valence electrons. The fourth-order valence-corrected chi connectivity index (χ4v) is 13.0. The van der Waals surface area contributed by atoms with Gasteiger partial charge in [0.2, 0.25) is 11.8 Å². The van der Waals surface area contributed by atoms with Crippen LogP contribution in [0.4, 0.5) is 0 Å². The second-order valence-corrected chi connectivity index (χ2v) is 24.8. The van der Waals surface area contributed by atoms with Gasteiger partial charge < -0.3 is 31.3 Å². The smallest absolute Gasteiger partial charge is 0.236 e. The number of nitrogens with zero attached hydrogens (tertiary/aromatic N) is 23. The Balaban J connectivity index is 0.000000130. The lowest BCUT2D eigenvalue weighted by molar-refractivity contribution is -0.136. The highest BCUT2D eigenvalue weighted by atomic mass is 16.3. The third-order valence-electron chi connectivity index (χ3n) is 18.9. The van der Waals surface area contributed by atoms with Gasteiger partial charge in [0.05, 0.1) is 181 Å². The third kappa shape index (κ3) is 13.1. The average molecular weight is 1300 g/mol. The number of aromatic nitrogens is 21. The first-order valence-electron chi connectivity index (χ1n) is 33.5. The molecule has 0 aromatic carbocycles. The number of likely N-dealkylation sites (tertiary alicyclic amines) is 2. The molecule has 12 aromatic heterocycles. The predicted molar refractivity (Wildman–Crippen MR) is 362 cm³/mol. The summed E-state index contributed by atoms with van der Waals surface area (Å²) in [5.41, 5.74) is 18.8. The molecule has 3 aliphatic rings. The van der Waals surface area contributed by atoms with Crippen molar-refractivity contribution in [2.24, 2.45) is 5.73 Å². The summed E-state index contributed by atoms with van der Waals surface area (Å²) in [5.74, 6) is 0.0866. The van der Waals surface area contributed by atoms with Crippen molar-refractivity contribution in [3.05, 3.63) is 130 Å². The topological polar surface area (TPSA) is 308 Å². The first-order chi connectivity index (χ1) is 46.9. The van der Waals surface area contributed by atoms with Crippen LogP contribution in [0.15, 0.2) is 130 Å². The van der Waals surface area contributed by atoms with Gasteiger partial charge in [-0.3, -0.25) is 37.7 Å². The van der Waals surface area contributed by atoms with E-state index in [9.17, 15) is 14.7 Å². The zero-order chi connectivity index (χ0) is 66.6. The Morgan fingerprint density at radius 3 is 1.23 bits per heavy atom. The predicted octanol–water partition coefficient (Wildman–Crippen LogP) is 7.29. The molecule has 12 aromatic rings. The Labute approximate surface area is 554 Å². The van der Waals surface area contributed by atoms with Gasteiger partial charge in [0, 0.05) is 103 Å². The van der Waals surface area contributed by atoms with Gasteiger partial charge in [0.25, 0.3) is 0 Å². The monoisotopic (exact) mass is 1300 g/mol. The molecule has 0 saturated carbocycles. The van der Waals surface area contributed by atoms with Crippen LogP contribution in [-0.4, -0.2) is 195 Å². The maximum absolute atomic E-state index is 12.0. The van der Waals surface area contributed by atoms with Crippen LogP contribution in [0.3, 0.4) is 0 Å². The number of hydrogen-bond acceptors (Lipinski definition) is 18. The third-order valence-corrected chi connectivity index (χ3v) is 18.9. The molecule has 5 N–H and O–H groups in total. The first kappa shape index (κ1) is 64.6. The number of carbonyl (C=O) groups is 2. The van der Waals surface area contributed by atoms with Crippen molar-refractivity contribution in [3.63, 3.8) is 0 Å². The molecule has 3 aliphatic heterocycles. The summed E-state index contributed by atoms with van der Waals surface area (Å²) in [4.78, 5) is 42.2. The lowest BCUT2D eigenvalue weighted by atomic mass is 10.0. The number of rotatable bonds is 21. The Morgan fingerprint density at radius 2 is 0.865 bits per heavy atom. The minimum Gasteiger partial charge on any atom is -0.390 e. The summed E-state index contributed by atoms with van der Waals surface area (Å²) in [6.45, 7) is 17.5. The zero-order valence-corrected chi connectivity index (χ0v) is 55.4. The molecular formula is C67H84N26O3. The van der Waals surface area contributed by atoms with E-state index in [-0.39, 0.29) is 36.5 Å². The molecule has 0 spiro atoms. The number of hydrogen-bond donors (Lipinski definition) is 4. The summed E-state index contributed by atoms with van der Waals surface area (Å²) < 4.78 is 17.3. The van der Waals surface area contributed by atoms with Crippen molar-refractivity contribution in [3.8, 4) is 67.5 Å². The molecule has 15 heterocycles. The molecule has 0 radical (unpaired) electrons. The Kier molecular flexibility index (Phi) is 19.2. The Morgan fingerprint density at radius 1 is 0.500 bits per heavy atom. The Hall–Kier alpha value is -10.1. The van der Waals surface area contributed by atoms with Crippen molar-refractivity contribution in [1.29, 1.82) is 0 Å². The molecule has 15 rings (SSSR count). The van der Waals surface area contributed by atoms with Crippen molar-refractivity contribution in [2.45, 2.75) is 129 Å². The number of amides is 2. The van der Waals surface area contributed by atoms with E-state index in [0.29, 0.717) is 57.4 Å². The lowest BCUT2D eigenvalue weighted by Crippen LogP contribution is -2.53. The SMILES string of the molecule is CCC(CC)n1cc(-c2nc(-c3cnn(C4CCNC[C@H]4O)c3)cn3nccc23)cn1.CCC(CC)n1cc(-c2nc(-c3cnn(C4CN(C(=O)CN)C4)c3)cn3nccc23)cn1.CCC(CC)n1cc(-c2nc(-c3cnn(C4CN(C(=O)CNC)C4)c3)cn3nccc23)cn1. The number of fused-ring (bicyclic) bond motifs is 3. The standard InChI is InChI=1S/C23H29N9O.C22H27N9O.C22H28N8O/c1-4-18(5-2)30-12-17(9-27-30)23-21-6-7-25-32(21)15-20(28-23)16-8-26-31(11-16)19-13-29(14-19)22(33)10-24-3;1-3-17(4-2)29-11-16(9-26-29)22-20-5-6-24-31(20)14-19(27-22)15-8-25-30(10-15)18-12-28(13-18)21(32)7-23;1-3-17(4-2)28-13-16(10-25-28)22-20-6-8-24-30(20)14-18(27-22)15-9-26-29(12-15)19-5-7-23-11-21(19)31/h6-9,11-12,15,18-19,24H,4-5,10,13-14H2,1-3H3;5-6,8-11,14,17-18H,3-4,7,12-13,23H2,1-2H3;6,8-10,12-14,17,19,21,23,31H,3-5,7,11H2,1-2H3/t;;19?,21-/m..1/s1. The second-order valence-electron chi connectivity index (χ2n) is 24.8. The van der Waals surface area contributed by atoms with Crippen molar-refractivity contribution >= 4 is 28.4 Å². The minimum absolute atomic E-state index is 0.0267. The number of nitrogens with one attached hydrogen (secondary N) is 2. The average Bonchev–Trinajstić information content (AvgIpc) is 1.17. The van der Waals surface area contributed by atoms with Crippen LogP contribution in [0, 0.1) is 0 Å². The molecule has 0 bridgehead atoms. The fourth-order valence-electron chi connectivity index (χ4n) is 13.0. The molecule has 96 heavy (non-hydrogen) atoms. The van der Waals surface area contributed by atoms with Gasteiger partial charge >= 0.3 is 0 Å². The van der Waals surface area contributed by atoms with Crippen LogP contribution in [0.1, 0.15) is 123 Å². The van der Waals surface area contributed by atoms with Crippen LogP contribution in [0.2, 0.25) is 0 Å². The minimum atomic E-state index is -0.450. The van der Waals surface area contributed by atoms with E-state index in [0.717, 1.165) is 136 Å². The second kappa shape index (κ2) is 28.5. The molecule has 1 unspecified atom stereocenters. The summed E-state index contributed by atoms with van der Waals surface area (Å²) in [7, 11) is 1.78. The molecule has 3 fully saturated rings. The summed E-state index contributed by atoms with van der Waals surface area (Å²) in [6, 6.07) is 7.35. The van der Waals surface area contributed by atoms with E-state index >= 15 is 0 Å². The normalized spacial score (nSPS) is 16.0. The van der Waals surface area contributed by atoms with Crippen LogP contribution >= 0.6 is 0 Å². The van der Waals surface area contributed by atoms with Gasteiger partial charge in [0.15, 0.2) is 0 Å². The summed E-state index contributed by atoms with van der Waals surface area (Å²) in [6.07, 6.45) is 40.9. The highest BCUT2D eigenvalue weighted by Crippen LogP contribution is 2.34. The number of carbonyl (C=O) groups excluding carboxylic acids is 2. The number of nitrogens with two attached hydrogens (primary N) is 1. The first-order valence-corrected chi connectivity index (χ1v) is 33.5. The number of aliphatic hydroxyl groups is 1. The van der Waals surface area contributed by atoms with E-state index in [1.165, 1.54) is 0 Å². The largest absolute Gasteiger partial charge is 0.390 e. The summed E-state index contributed by atoms with van der Waals surface area (Å²) in [5, 5.41) is 57.2. The zero-order valence-electron chi connectivity index (χ0n) is 55.4. The number of likely N-dealkylation sites (N-methyl/N-ethyl adjacent to an activating group) is 1. The summed E-state index contributed by atoms with van der Waals surface area (Å²) >= 11 is 0. The van der Waals surface area contributed by atoms with Crippen LogP contribution < -0.4 is 16.4 Å². The van der Waals surface area contributed by atoms with Crippen molar-refractivity contribution < 1.29 is 14.7 Å². The molecular weight excluding hydrogens is 1220 g/mol. The lowest BCUT2D eigenvalue weighted by Gasteiger charge is -2.39. The van der Waals surface area contributed by atoms with Crippen molar-refractivity contribution in [2.75, 3.05) is 59.4 Å². The van der Waals surface area contributed by atoms with Gasteiger partial charge in [-0.05, 0) is 76.7 Å².